The van der Waals surface area contributed by atoms with Crippen LogP contribution in [0, 0.1) is 23.3 Å². The number of nitrogens with one attached hydrogen (secondary N) is 1. The van der Waals surface area contributed by atoms with Crippen molar-refractivity contribution in [3.05, 3.63) is 28.8 Å². The maximum Gasteiger partial charge on any atom is 0.326 e. The Morgan fingerprint density at radius 3 is 1.79 bits per heavy atom. The number of halogens is 6. The molecule has 0 bridgehead atoms. The number of carboxylic acid groups (broad SMARTS) is 2. The van der Waals surface area contributed by atoms with Crippen LogP contribution in [0.2, 0.25) is 0 Å². The Kier molecular flexibility index (Phi) is 10.4. The van der Waals surface area contributed by atoms with Gasteiger partial charge in [-0.2, -0.15) is 0 Å². The van der Waals surface area contributed by atoms with Crippen molar-refractivity contribution in [2.45, 2.75) is 18.9 Å². The second-order valence-corrected chi connectivity index (χ2v) is 7.80. The zero-order valence-corrected chi connectivity index (χ0v) is 19.0. The van der Waals surface area contributed by atoms with Gasteiger partial charge in [0.15, 0.2) is 23.3 Å². The van der Waals surface area contributed by atoms with Crippen molar-refractivity contribution < 1.29 is 42.2 Å². The molecule has 0 saturated heterocycles. The molecule has 29 heavy (non-hydrogen) atoms. The molecular formula is C16H16F4I2N2O5. The first-order valence-corrected chi connectivity index (χ1v) is 11.1. The third-order valence-electron chi connectivity index (χ3n) is 3.74. The number of carbonyl (C=O) groups is 3. The second kappa shape index (κ2) is 11.7. The first kappa shape index (κ1) is 25.6. The monoisotopic (exact) mass is 646 g/mol. The van der Waals surface area contributed by atoms with E-state index < -0.39 is 71.2 Å². The molecule has 0 spiro atoms. The molecule has 3 N–H and O–H groups in total. The summed E-state index contributed by atoms with van der Waals surface area (Å²) in [5.41, 5.74) is -2.57. The summed E-state index contributed by atoms with van der Waals surface area (Å²) in [6.07, 6.45) is -1.26. The largest absolute Gasteiger partial charge is 0.481 e. The van der Waals surface area contributed by atoms with Gasteiger partial charge in [-0.25, -0.2) is 22.4 Å². The fourth-order valence-corrected chi connectivity index (χ4v) is 3.56. The minimum atomic E-state index is -1.97. The summed E-state index contributed by atoms with van der Waals surface area (Å²) in [7, 11) is 0. The van der Waals surface area contributed by atoms with Crippen molar-refractivity contribution in [1.82, 2.24) is 5.32 Å². The van der Waals surface area contributed by atoms with Gasteiger partial charge in [0.05, 0.1) is 0 Å². The smallest absolute Gasteiger partial charge is 0.326 e. The lowest BCUT2D eigenvalue weighted by Crippen LogP contribution is -2.42. The molecule has 0 heterocycles. The lowest BCUT2D eigenvalue weighted by atomic mass is 10.1. The van der Waals surface area contributed by atoms with Crippen LogP contribution < -0.4 is 10.2 Å². The number of hydrogen-bond acceptors (Lipinski definition) is 4. The van der Waals surface area contributed by atoms with Crippen LogP contribution >= 0.6 is 45.2 Å². The molecule has 0 aliphatic heterocycles. The van der Waals surface area contributed by atoms with E-state index in [1.165, 1.54) is 0 Å². The van der Waals surface area contributed by atoms with E-state index >= 15 is 0 Å². The minimum absolute atomic E-state index is 0.0953. The Bertz CT molecular complexity index is 762. The highest BCUT2D eigenvalue weighted by Gasteiger charge is 2.33. The molecule has 0 aliphatic rings. The first-order valence-electron chi connectivity index (χ1n) is 8.05. The summed E-state index contributed by atoms with van der Waals surface area (Å²) >= 11 is 3.84. The van der Waals surface area contributed by atoms with Gasteiger partial charge in [-0.05, 0) is 6.42 Å². The molecule has 1 rings (SSSR count). The van der Waals surface area contributed by atoms with Gasteiger partial charge < -0.3 is 20.4 Å². The predicted octanol–water partition coefficient (Wildman–Crippen LogP) is 2.97. The number of aliphatic carboxylic acids is 2. The highest BCUT2D eigenvalue weighted by Crippen LogP contribution is 2.31. The summed E-state index contributed by atoms with van der Waals surface area (Å²) in [5.74, 6) is -12.2. The zero-order chi connectivity index (χ0) is 22.3. The Labute approximate surface area is 190 Å². The van der Waals surface area contributed by atoms with E-state index in [0.717, 1.165) is 4.90 Å². The number of nitrogens with zero attached hydrogens (tertiary/aromatic N) is 1. The number of hydrogen-bond donors (Lipinski definition) is 3. The van der Waals surface area contributed by atoms with Crippen LogP contribution in [0.5, 0.6) is 0 Å². The SMILES string of the molecule is O=C(O)CC[C@H](NC(=O)c1c(F)c(F)c(N(CCI)CCI)c(F)c1F)C(=O)O. The third-order valence-corrected chi connectivity index (χ3v) is 4.71. The fraction of sp³-hybridized carbons (Fsp3) is 0.438. The molecule has 0 radical (unpaired) electrons. The van der Waals surface area contributed by atoms with E-state index in [0.29, 0.717) is 8.86 Å². The summed E-state index contributed by atoms with van der Waals surface area (Å²) in [4.78, 5) is 34.9. The van der Waals surface area contributed by atoms with Crippen molar-refractivity contribution in [1.29, 1.82) is 0 Å². The van der Waals surface area contributed by atoms with Gasteiger partial charge in [0.1, 0.15) is 17.3 Å². The van der Waals surface area contributed by atoms with Crippen LogP contribution in [0.25, 0.3) is 0 Å². The molecule has 162 valence electrons. The van der Waals surface area contributed by atoms with Crippen molar-refractivity contribution >= 4 is 68.7 Å². The Morgan fingerprint density at radius 1 is 0.931 bits per heavy atom. The average molecular weight is 646 g/mol. The molecule has 0 fully saturated rings. The van der Waals surface area contributed by atoms with Crippen LogP contribution in [0.15, 0.2) is 0 Å². The van der Waals surface area contributed by atoms with E-state index in [2.05, 4.69) is 0 Å². The normalized spacial score (nSPS) is 11.8. The maximum absolute atomic E-state index is 14.5. The fourth-order valence-electron chi connectivity index (χ4n) is 2.39. The van der Waals surface area contributed by atoms with Gasteiger partial charge >= 0.3 is 11.9 Å². The maximum atomic E-state index is 14.5. The number of carboxylic acids is 2. The number of amides is 1. The molecule has 1 aromatic rings. The molecular weight excluding hydrogens is 630 g/mol. The van der Waals surface area contributed by atoms with E-state index in [1.807, 2.05) is 45.2 Å². The summed E-state index contributed by atoms with van der Waals surface area (Å²) in [6, 6.07) is -1.82. The van der Waals surface area contributed by atoms with Crippen LogP contribution in [0.3, 0.4) is 0 Å². The number of anilines is 1. The van der Waals surface area contributed by atoms with Gasteiger partial charge in [-0.3, -0.25) is 9.59 Å². The first-order chi connectivity index (χ1) is 13.6. The molecule has 1 aromatic carbocycles. The van der Waals surface area contributed by atoms with Gasteiger partial charge in [0.2, 0.25) is 0 Å². The van der Waals surface area contributed by atoms with Crippen molar-refractivity contribution in [2.24, 2.45) is 0 Å². The van der Waals surface area contributed by atoms with E-state index in [1.54, 1.807) is 5.32 Å². The number of alkyl halides is 2. The predicted molar refractivity (Wildman–Crippen MR) is 112 cm³/mol. The highest BCUT2D eigenvalue weighted by molar-refractivity contribution is 14.1. The summed E-state index contributed by atoms with van der Waals surface area (Å²) < 4.78 is 58.7. The molecule has 13 heteroatoms. The molecule has 1 atom stereocenters. The van der Waals surface area contributed by atoms with Gasteiger partial charge in [-0.15, -0.1) is 0 Å². The number of rotatable bonds is 11. The average Bonchev–Trinajstić information content (AvgIpc) is 2.63. The van der Waals surface area contributed by atoms with Crippen LogP contribution in [0.1, 0.15) is 23.2 Å². The number of benzene rings is 1. The Morgan fingerprint density at radius 2 is 1.41 bits per heavy atom. The molecule has 0 aliphatic carbocycles. The zero-order valence-electron chi connectivity index (χ0n) is 14.7. The highest BCUT2D eigenvalue weighted by atomic mass is 127. The minimum Gasteiger partial charge on any atom is -0.481 e. The van der Waals surface area contributed by atoms with Gasteiger partial charge in [-0.1, -0.05) is 45.2 Å². The van der Waals surface area contributed by atoms with E-state index in [-0.39, 0.29) is 13.1 Å². The molecule has 7 nitrogen and oxygen atoms in total. The molecule has 1 amide bonds. The summed E-state index contributed by atoms with van der Waals surface area (Å²) in [5, 5.41) is 19.3. The van der Waals surface area contributed by atoms with Crippen molar-refractivity contribution in [2.75, 3.05) is 26.8 Å². The Balaban J connectivity index is 3.34. The molecule has 0 unspecified atom stereocenters. The van der Waals surface area contributed by atoms with Gasteiger partial charge in [0.25, 0.3) is 5.91 Å². The summed E-state index contributed by atoms with van der Waals surface area (Å²) in [6.45, 7) is 0.191. The third kappa shape index (κ3) is 6.55. The van der Waals surface area contributed by atoms with Crippen molar-refractivity contribution in [3.8, 4) is 0 Å². The standard InChI is InChI=1S/C16H16F4I2N2O5/c17-10-9(15(27)23-7(16(28)29)1-2-8(25)26)11(18)13(20)14(12(10)19)24(5-3-21)6-4-22/h7H,1-6H2,(H,23,27)(H,25,26)(H,28,29)/t7-/m0/s1. The van der Waals surface area contributed by atoms with Crippen molar-refractivity contribution in [3.63, 3.8) is 0 Å². The second-order valence-electron chi connectivity index (χ2n) is 5.64. The number of carbonyl (C=O) groups excluding carboxylic acids is 1. The van der Waals surface area contributed by atoms with Crippen LogP contribution in [0.4, 0.5) is 23.2 Å². The van der Waals surface area contributed by atoms with E-state index in [4.69, 9.17) is 10.2 Å². The van der Waals surface area contributed by atoms with Crippen LogP contribution in [-0.2, 0) is 9.59 Å². The quantitative estimate of drug-likeness (QED) is 0.148. The molecule has 0 saturated carbocycles. The lowest BCUT2D eigenvalue weighted by molar-refractivity contribution is -0.140. The van der Waals surface area contributed by atoms with E-state index in [9.17, 15) is 31.9 Å². The van der Waals surface area contributed by atoms with Crippen LogP contribution in [-0.4, -0.2) is 56.0 Å². The molecule has 0 aromatic heterocycles. The van der Waals surface area contributed by atoms with Gasteiger partial charge in [0, 0.05) is 28.4 Å². The lowest BCUT2D eigenvalue weighted by Gasteiger charge is -2.25. The topological polar surface area (TPSA) is 107 Å². The Hall–Kier alpha value is -1.39.